The zero-order valence-electron chi connectivity index (χ0n) is 8.65. The molecular formula is C10H10ClFN2O3. The minimum Gasteiger partial charge on any atom is -0.484 e. The Morgan fingerprint density at radius 2 is 2.24 bits per heavy atom. The lowest BCUT2D eigenvalue weighted by atomic mass is 10.3. The largest absolute Gasteiger partial charge is 0.484 e. The predicted molar refractivity (Wildman–Crippen MR) is 60.5 cm³/mol. The van der Waals surface area contributed by atoms with Crippen LogP contribution in [0.25, 0.3) is 0 Å². The molecule has 0 saturated heterocycles. The Morgan fingerprint density at radius 3 is 2.82 bits per heavy atom. The van der Waals surface area contributed by atoms with E-state index in [1.807, 2.05) is 0 Å². The van der Waals surface area contributed by atoms with Gasteiger partial charge in [-0.05, 0) is 12.1 Å². The molecule has 1 rings (SSSR count). The summed E-state index contributed by atoms with van der Waals surface area (Å²) in [5, 5.41) is 2.23. The third kappa shape index (κ3) is 4.69. The molecule has 0 aliphatic heterocycles. The van der Waals surface area contributed by atoms with E-state index in [1.165, 1.54) is 12.1 Å². The molecule has 0 aliphatic carbocycles. The lowest BCUT2D eigenvalue weighted by molar-refractivity contribution is -0.120. The molecule has 7 heteroatoms. The zero-order chi connectivity index (χ0) is 12.8. The summed E-state index contributed by atoms with van der Waals surface area (Å²) in [7, 11) is 0. The quantitative estimate of drug-likeness (QED) is 0.776. The lowest BCUT2D eigenvalue weighted by Gasteiger charge is -2.07. The van der Waals surface area contributed by atoms with Gasteiger partial charge in [0.1, 0.15) is 5.75 Å². The van der Waals surface area contributed by atoms with Crippen LogP contribution in [-0.2, 0) is 9.59 Å². The molecule has 0 aliphatic rings. The van der Waals surface area contributed by atoms with Gasteiger partial charge in [0, 0.05) is 11.8 Å². The Balaban J connectivity index is 2.65. The van der Waals surface area contributed by atoms with E-state index in [0.717, 1.165) is 0 Å². The SMILES string of the molecule is NC(=O)COc1cccc(NC(=O)C(F)Cl)c1. The molecule has 1 unspecified atom stereocenters. The van der Waals surface area contributed by atoms with Crippen molar-refractivity contribution in [1.82, 2.24) is 0 Å². The minimum atomic E-state index is -2.12. The number of carbonyl (C=O) groups excluding carboxylic acids is 2. The number of primary amides is 1. The maximum Gasteiger partial charge on any atom is 0.274 e. The van der Waals surface area contributed by atoms with Crippen LogP contribution in [0.1, 0.15) is 0 Å². The summed E-state index contributed by atoms with van der Waals surface area (Å²) in [4.78, 5) is 21.4. The van der Waals surface area contributed by atoms with Gasteiger partial charge in [0.2, 0.25) is 0 Å². The minimum absolute atomic E-state index is 0.279. The number of anilines is 1. The maximum absolute atomic E-state index is 12.4. The third-order valence-corrected chi connectivity index (χ3v) is 1.88. The Morgan fingerprint density at radius 1 is 1.53 bits per heavy atom. The summed E-state index contributed by atoms with van der Waals surface area (Å²) in [6.07, 6.45) is 0. The van der Waals surface area contributed by atoms with Crippen LogP contribution in [0.15, 0.2) is 24.3 Å². The number of halogens is 2. The molecule has 1 aromatic carbocycles. The van der Waals surface area contributed by atoms with Gasteiger partial charge >= 0.3 is 0 Å². The second-order valence-electron chi connectivity index (χ2n) is 3.07. The number of hydrogen-bond acceptors (Lipinski definition) is 3. The van der Waals surface area contributed by atoms with E-state index in [9.17, 15) is 14.0 Å². The molecule has 0 heterocycles. The summed E-state index contributed by atoms with van der Waals surface area (Å²) in [6.45, 7) is -0.279. The fourth-order valence-electron chi connectivity index (χ4n) is 1.01. The Hall–Kier alpha value is -1.82. The predicted octanol–water partition coefficient (Wildman–Crippen LogP) is 1.02. The molecule has 92 valence electrons. The Bertz CT molecular complexity index is 426. The van der Waals surface area contributed by atoms with Crippen molar-refractivity contribution in [2.75, 3.05) is 11.9 Å². The zero-order valence-corrected chi connectivity index (χ0v) is 9.41. The number of nitrogens with two attached hydrogens (primary N) is 1. The number of alkyl halides is 2. The number of rotatable bonds is 5. The first kappa shape index (κ1) is 13.2. The highest BCUT2D eigenvalue weighted by molar-refractivity contribution is 6.31. The first-order chi connectivity index (χ1) is 7.99. The van der Waals surface area contributed by atoms with Crippen LogP contribution in [0.3, 0.4) is 0 Å². The standard InChI is InChI=1S/C10H10ClFN2O3/c11-9(12)10(16)14-6-2-1-3-7(4-6)17-5-8(13)15/h1-4,9H,5H2,(H2,13,15)(H,14,16). The second kappa shape index (κ2) is 6.05. The van der Waals surface area contributed by atoms with Gasteiger partial charge in [0.15, 0.2) is 6.61 Å². The van der Waals surface area contributed by atoms with Gasteiger partial charge in [-0.3, -0.25) is 9.59 Å². The molecule has 0 fully saturated rings. The second-order valence-corrected chi connectivity index (χ2v) is 3.46. The molecule has 3 N–H and O–H groups in total. The van der Waals surface area contributed by atoms with E-state index in [0.29, 0.717) is 11.4 Å². The van der Waals surface area contributed by atoms with Crippen LogP contribution in [0.2, 0.25) is 0 Å². The molecule has 1 atom stereocenters. The van der Waals surface area contributed by atoms with Crippen molar-refractivity contribution in [3.63, 3.8) is 0 Å². The van der Waals surface area contributed by atoms with Gasteiger partial charge in [0.05, 0.1) is 0 Å². The van der Waals surface area contributed by atoms with E-state index in [-0.39, 0.29) is 6.61 Å². The molecule has 0 saturated carbocycles. The molecule has 5 nitrogen and oxygen atoms in total. The first-order valence-corrected chi connectivity index (χ1v) is 5.03. The molecule has 0 radical (unpaired) electrons. The van der Waals surface area contributed by atoms with Crippen LogP contribution in [0.4, 0.5) is 10.1 Å². The van der Waals surface area contributed by atoms with E-state index in [1.54, 1.807) is 12.1 Å². The molecule has 2 amide bonds. The number of nitrogens with one attached hydrogen (secondary N) is 1. The van der Waals surface area contributed by atoms with Gasteiger partial charge < -0.3 is 15.8 Å². The molecule has 0 aromatic heterocycles. The highest BCUT2D eigenvalue weighted by Gasteiger charge is 2.13. The van der Waals surface area contributed by atoms with Crippen molar-refractivity contribution in [1.29, 1.82) is 0 Å². The normalized spacial score (nSPS) is 11.6. The first-order valence-electron chi connectivity index (χ1n) is 4.59. The van der Waals surface area contributed by atoms with Crippen molar-refractivity contribution in [2.24, 2.45) is 5.73 Å². The molecule has 17 heavy (non-hydrogen) atoms. The smallest absolute Gasteiger partial charge is 0.274 e. The number of benzene rings is 1. The Kier molecular flexibility index (Phi) is 4.71. The lowest BCUT2D eigenvalue weighted by Crippen LogP contribution is -2.20. The van der Waals surface area contributed by atoms with E-state index >= 15 is 0 Å². The maximum atomic E-state index is 12.4. The Labute approximate surface area is 102 Å². The van der Waals surface area contributed by atoms with Gasteiger partial charge in [-0.15, -0.1) is 0 Å². The molecular weight excluding hydrogens is 251 g/mol. The van der Waals surface area contributed by atoms with Crippen molar-refractivity contribution in [3.8, 4) is 5.75 Å². The summed E-state index contributed by atoms with van der Waals surface area (Å²) in [6, 6.07) is 6.06. The van der Waals surface area contributed by atoms with Crippen LogP contribution >= 0.6 is 11.6 Å². The monoisotopic (exact) mass is 260 g/mol. The van der Waals surface area contributed by atoms with Gasteiger partial charge in [-0.2, -0.15) is 0 Å². The van der Waals surface area contributed by atoms with Crippen molar-refractivity contribution in [3.05, 3.63) is 24.3 Å². The van der Waals surface area contributed by atoms with Crippen LogP contribution in [0, 0.1) is 0 Å². The molecule has 0 bridgehead atoms. The third-order valence-electron chi connectivity index (χ3n) is 1.68. The molecule has 0 spiro atoms. The average molecular weight is 261 g/mol. The van der Waals surface area contributed by atoms with Crippen LogP contribution in [0.5, 0.6) is 5.75 Å². The van der Waals surface area contributed by atoms with Gasteiger partial charge in [-0.25, -0.2) is 4.39 Å². The number of hydrogen-bond donors (Lipinski definition) is 2. The van der Waals surface area contributed by atoms with E-state index < -0.39 is 17.4 Å². The highest BCUT2D eigenvalue weighted by atomic mass is 35.5. The fraction of sp³-hybridized carbons (Fsp3) is 0.200. The van der Waals surface area contributed by atoms with E-state index in [2.05, 4.69) is 5.32 Å². The van der Waals surface area contributed by atoms with Crippen molar-refractivity contribution < 1.29 is 18.7 Å². The topological polar surface area (TPSA) is 81.4 Å². The summed E-state index contributed by atoms with van der Waals surface area (Å²) in [5.74, 6) is -1.27. The van der Waals surface area contributed by atoms with E-state index in [4.69, 9.17) is 22.1 Å². The fourth-order valence-corrected chi connectivity index (χ4v) is 1.07. The average Bonchev–Trinajstić information content (AvgIpc) is 2.26. The van der Waals surface area contributed by atoms with Crippen molar-refractivity contribution in [2.45, 2.75) is 5.63 Å². The number of ether oxygens (including phenoxy) is 1. The molecule has 1 aromatic rings. The number of carbonyl (C=O) groups is 2. The van der Waals surface area contributed by atoms with Crippen molar-refractivity contribution >= 4 is 29.1 Å². The van der Waals surface area contributed by atoms with Gasteiger partial charge in [0.25, 0.3) is 17.4 Å². The highest BCUT2D eigenvalue weighted by Crippen LogP contribution is 2.17. The summed E-state index contributed by atoms with van der Waals surface area (Å²) < 4.78 is 17.4. The summed E-state index contributed by atoms with van der Waals surface area (Å²) >= 11 is 4.95. The number of amides is 2. The van der Waals surface area contributed by atoms with Gasteiger partial charge in [-0.1, -0.05) is 17.7 Å². The van der Waals surface area contributed by atoms with Crippen LogP contribution in [-0.4, -0.2) is 24.1 Å². The van der Waals surface area contributed by atoms with Crippen LogP contribution < -0.4 is 15.8 Å². The summed E-state index contributed by atoms with van der Waals surface area (Å²) in [5.41, 5.74) is 3.08.